The second kappa shape index (κ2) is 7.51. The van der Waals surface area contributed by atoms with Crippen LogP contribution in [0.25, 0.3) is 11.6 Å². The Morgan fingerprint density at radius 2 is 1.80 bits per heavy atom. The molecule has 25 heavy (non-hydrogen) atoms. The maximum atomic E-state index is 10.7. The summed E-state index contributed by atoms with van der Waals surface area (Å²) in [6, 6.07) is 21.4. The topological polar surface area (TPSA) is 80.1 Å². The minimum Gasteiger partial charge on any atom is -0.450 e. The number of rotatable bonds is 5. The van der Waals surface area contributed by atoms with Gasteiger partial charge in [0.05, 0.1) is 16.6 Å². The molecule has 0 saturated carbocycles. The number of nitro benzene ring substituents is 1. The lowest BCUT2D eigenvalue weighted by Crippen LogP contribution is -1.88. The number of nitrogens with zero attached hydrogens (tertiary/aromatic N) is 2. The van der Waals surface area contributed by atoms with Gasteiger partial charge >= 0.3 is 0 Å². The first kappa shape index (κ1) is 16.6. The van der Waals surface area contributed by atoms with E-state index in [4.69, 9.17) is 4.42 Å². The molecule has 0 saturated heterocycles. The molecule has 0 N–H and O–H groups in total. The number of nitriles is 1. The van der Waals surface area contributed by atoms with Crippen molar-refractivity contribution in [2.24, 2.45) is 0 Å². The van der Waals surface area contributed by atoms with Crippen LogP contribution in [0.4, 0.5) is 5.69 Å². The number of hydrogen-bond acceptors (Lipinski definition) is 5. The number of benzene rings is 2. The molecular weight excluding hydrogens is 336 g/mol. The fourth-order valence-corrected chi connectivity index (χ4v) is 2.96. The smallest absolute Gasteiger partial charge is 0.269 e. The highest BCUT2D eigenvalue weighted by Crippen LogP contribution is 2.30. The Morgan fingerprint density at radius 1 is 1.08 bits per heavy atom. The molecule has 1 heterocycles. The van der Waals surface area contributed by atoms with Gasteiger partial charge in [0.15, 0.2) is 5.09 Å². The molecule has 0 bridgehead atoms. The summed E-state index contributed by atoms with van der Waals surface area (Å²) < 4.78 is 5.73. The molecule has 0 aliphatic rings. The van der Waals surface area contributed by atoms with Crippen LogP contribution in [0.5, 0.6) is 0 Å². The van der Waals surface area contributed by atoms with E-state index < -0.39 is 4.92 Å². The summed E-state index contributed by atoms with van der Waals surface area (Å²) >= 11 is 1.49. The van der Waals surface area contributed by atoms with Gasteiger partial charge in [-0.1, -0.05) is 30.0 Å². The van der Waals surface area contributed by atoms with E-state index in [1.165, 1.54) is 23.9 Å². The van der Waals surface area contributed by atoms with E-state index in [9.17, 15) is 15.4 Å². The normalized spacial score (nSPS) is 11.1. The predicted molar refractivity (Wildman–Crippen MR) is 95.9 cm³/mol. The first-order valence-electron chi connectivity index (χ1n) is 7.35. The van der Waals surface area contributed by atoms with Crippen LogP contribution in [-0.4, -0.2) is 4.92 Å². The SMILES string of the molecule is N#C/C(=C\c1ccc(Sc2ccccc2)o1)c1ccc([N+](=O)[O-])cc1. The quantitative estimate of drug-likeness (QED) is 0.350. The predicted octanol–water partition coefficient (Wildman–Crippen LogP) is 5.40. The van der Waals surface area contributed by atoms with Crippen molar-refractivity contribution in [3.05, 3.63) is 88.2 Å². The summed E-state index contributed by atoms with van der Waals surface area (Å²) in [5.74, 6) is 0.549. The Hall–Kier alpha value is -3.30. The van der Waals surface area contributed by atoms with Crippen LogP contribution in [-0.2, 0) is 0 Å². The fraction of sp³-hybridized carbons (Fsp3) is 0. The molecule has 1 aromatic heterocycles. The molecule has 0 atom stereocenters. The molecule has 5 nitrogen and oxygen atoms in total. The van der Waals surface area contributed by atoms with Crippen LogP contribution in [0, 0.1) is 21.4 Å². The molecule has 3 rings (SSSR count). The van der Waals surface area contributed by atoms with Crippen molar-refractivity contribution in [2.75, 3.05) is 0 Å². The van der Waals surface area contributed by atoms with Gasteiger partial charge in [0.2, 0.25) is 0 Å². The minimum atomic E-state index is -0.473. The van der Waals surface area contributed by atoms with Crippen LogP contribution >= 0.6 is 11.8 Å². The zero-order valence-corrected chi connectivity index (χ0v) is 13.8. The summed E-state index contributed by atoms with van der Waals surface area (Å²) in [5, 5.41) is 20.8. The van der Waals surface area contributed by atoms with E-state index in [1.807, 2.05) is 36.4 Å². The zero-order chi connectivity index (χ0) is 17.6. The first-order chi connectivity index (χ1) is 12.2. The number of nitro groups is 1. The molecule has 2 aromatic carbocycles. The van der Waals surface area contributed by atoms with Crippen molar-refractivity contribution in [2.45, 2.75) is 9.99 Å². The van der Waals surface area contributed by atoms with Gasteiger partial charge in [0.1, 0.15) is 5.76 Å². The van der Waals surface area contributed by atoms with E-state index >= 15 is 0 Å². The maximum absolute atomic E-state index is 10.7. The highest BCUT2D eigenvalue weighted by atomic mass is 32.2. The van der Waals surface area contributed by atoms with Crippen LogP contribution in [0.15, 0.2) is 81.1 Å². The van der Waals surface area contributed by atoms with Crippen molar-refractivity contribution in [1.82, 2.24) is 0 Å². The van der Waals surface area contributed by atoms with Gasteiger partial charge < -0.3 is 4.42 Å². The molecule has 0 radical (unpaired) electrons. The van der Waals surface area contributed by atoms with Gasteiger partial charge in [0, 0.05) is 17.0 Å². The average Bonchev–Trinajstić information content (AvgIpc) is 3.07. The molecule has 0 aliphatic heterocycles. The van der Waals surface area contributed by atoms with E-state index in [0.717, 1.165) is 9.99 Å². The Bertz CT molecular complexity index is 954. The lowest BCUT2D eigenvalue weighted by molar-refractivity contribution is -0.384. The van der Waals surface area contributed by atoms with Gasteiger partial charge in [-0.3, -0.25) is 10.1 Å². The number of hydrogen-bond donors (Lipinski definition) is 0. The lowest BCUT2D eigenvalue weighted by atomic mass is 10.1. The molecule has 0 aliphatic carbocycles. The summed E-state index contributed by atoms with van der Waals surface area (Å²) in [6.45, 7) is 0. The summed E-state index contributed by atoms with van der Waals surface area (Å²) in [7, 11) is 0. The highest BCUT2D eigenvalue weighted by molar-refractivity contribution is 7.99. The van der Waals surface area contributed by atoms with Gasteiger partial charge in [-0.05, 0) is 48.0 Å². The second-order valence-corrected chi connectivity index (χ2v) is 6.12. The number of furan rings is 1. The van der Waals surface area contributed by atoms with Crippen molar-refractivity contribution in [3.63, 3.8) is 0 Å². The molecule has 0 spiro atoms. The fourth-order valence-electron chi connectivity index (χ4n) is 2.16. The molecule has 0 fully saturated rings. The van der Waals surface area contributed by atoms with Crippen LogP contribution < -0.4 is 0 Å². The monoisotopic (exact) mass is 348 g/mol. The second-order valence-electron chi connectivity index (χ2n) is 5.05. The van der Waals surface area contributed by atoms with Crippen molar-refractivity contribution < 1.29 is 9.34 Å². The third-order valence-corrected chi connectivity index (χ3v) is 4.29. The van der Waals surface area contributed by atoms with Gasteiger partial charge in [-0.25, -0.2) is 0 Å². The van der Waals surface area contributed by atoms with E-state index in [-0.39, 0.29) is 5.69 Å². The minimum absolute atomic E-state index is 0.0133. The van der Waals surface area contributed by atoms with Gasteiger partial charge in [-0.2, -0.15) is 5.26 Å². The zero-order valence-electron chi connectivity index (χ0n) is 13.0. The molecule has 3 aromatic rings. The van der Waals surface area contributed by atoms with Crippen LogP contribution in [0.2, 0.25) is 0 Å². The number of allylic oxidation sites excluding steroid dienone is 1. The van der Waals surface area contributed by atoms with E-state index in [0.29, 0.717) is 16.9 Å². The van der Waals surface area contributed by atoms with E-state index in [2.05, 4.69) is 6.07 Å². The average molecular weight is 348 g/mol. The standard InChI is InChI=1S/C19H12N2O3S/c20-13-15(14-6-8-16(9-7-14)21(22)23)12-17-10-11-19(24-17)25-18-4-2-1-3-5-18/h1-12H/b15-12+. The molecule has 0 unspecified atom stereocenters. The van der Waals surface area contributed by atoms with Gasteiger partial charge in [-0.15, -0.1) is 0 Å². The number of non-ortho nitro benzene ring substituents is 1. The Labute approximate surface area is 148 Å². The third-order valence-electron chi connectivity index (χ3n) is 3.36. The highest BCUT2D eigenvalue weighted by Gasteiger charge is 2.08. The lowest BCUT2D eigenvalue weighted by Gasteiger charge is -1.99. The summed E-state index contributed by atoms with van der Waals surface area (Å²) in [5.41, 5.74) is 0.961. The summed E-state index contributed by atoms with van der Waals surface area (Å²) in [6.07, 6.45) is 1.62. The van der Waals surface area contributed by atoms with Gasteiger partial charge in [0.25, 0.3) is 5.69 Å². The largest absolute Gasteiger partial charge is 0.450 e. The van der Waals surface area contributed by atoms with Crippen molar-refractivity contribution >= 4 is 29.1 Å². The Kier molecular flexibility index (Phi) is 4.97. The van der Waals surface area contributed by atoms with Crippen LogP contribution in [0.1, 0.15) is 11.3 Å². The van der Waals surface area contributed by atoms with Crippen molar-refractivity contribution in [1.29, 1.82) is 5.26 Å². The Balaban J connectivity index is 1.81. The molecule has 0 amide bonds. The molecular formula is C19H12N2O3S. The Morgan fingerprint density at radius 3 is 2.44 bits per heavy atom. The summed E-state index contributed by atoms with van der Waals surface area (Å²) in [4.78, 5) is 11.3. The van der Waals surface area contributed by atoms with Crippen molar-refractivity contribution in [3.8, 4) is 6.07 Å². The third kappa shape index (κ3) is 4.16. The van der Waals surface area contributed by atoms with E-state index in [1.54, 1.807) is 24.3 Å². The first-order valence-corrected chi connectivity index (χ1v) is 8.17. The maximum Gasteiger partial charge on any atom is 0.269 e. The molecule has 122 valence electrons. The molecule has 6 heteroatoms. The van der Waals surface area contributed by atoms with Crippen LogP contribution in [0.3, 0.4) is 0 Å².